The number of fused-ring (bicyclic) bond motifs is 3. The summed E-state index contributed by atoms with van der Waals surface area (Å²) in [5.41, 5.74) is 3.79. The third-order valence-corrected chi connectivity index (χ3v) is 4.41. The number of nitrogens with zero attached hydrogens (tertiary/aromatic N) is 3. The Morgan fingerprint density at radius 1 is 1.19 bits per heavy atom. The topological polar surface area (TPSA) is 50.4 Å². The van der Waals surface area contributed by atoms with Crippen molar-refractivity contribution in [3.8, 4) is 0 Å². The van der Waals surface area contributed by atoms with Crippen molar-refractivity contribution >= 4 is 32.7 Å². The van der Waals surface area contributed by atoms with E-state index in [0.29, 0.717) is 12.1 Å². The van der Waals surface area contributed by atoms with Gasteiger partial charge in [0.05, 0.1) is 17.1 Å². The van der Waals surface area contributed by atoms with Gasteiger partial charge >= 0.3 is 0 Å². The monoisotopic (exact) mass is 341 g/mol. The largest absolute Gasteiger partial charge is 0.411 e. The minimum atomic E-state index is 0.117. The van der Waals surface area contributed by atoms with E-state index in [0.717, 1.165) is 21.3 Å². The van der Waals surface area contributed by atoms with Crippen molar-refractivity contribution in [1.82, 2.24) is 9.55 Å². The van der Waals surface area contributed by atoms with Gasteiger partial charge in [0.25, 0.3) is 0 Å². The summed E-state index contributed by atoms with van der Waals surface area (Å²) < 4.78 is 3.17. The Balaban J connectivity index is 2.00. The number of imidazole rings is 1. The molecule has 1 aromatic heterocycles. The molecule has 0 aliphatic carbocycles. The van der Waals surface area contributed by atoms with Crippen LogP contribution in [0.15, 0.2) is 58.2 Å². The smallest absolute Gasteiger partial charge is 0.159 e. The highest BCUT2D eigenvalue weighted by atomic mass is 79.9. The van der Waals surface area contributed by atoms with Crippen LogP contribution in [0.2, 0.25) is 0 Å². The first-order valence-electron chi connectivity index (χ1n) is 6.71. The van der Waals surface area contributed by atoms with Gasteiger partial charge in [0.2, 0.25) is 0 Å². The van der Waals surface area contributed by atoms with E-state index in [4.69, 9.17) is 0 Å². The summed E-state index contributed by atoms with van der Waals surface area (Å²) >= 11 is 3.51. The van der Waals surface area contributed by atoms with Crippen LogP contribution in [0.1, 0.15) is 23.9 Å². The van der Waals surface area contributed by atoms with Crippen molar-refractivity contribution < 1.29 is 5.21 Å². The van der Waals surface area contributed by atoms with Crippen molar-refractivity contribution in [2.75, 3.05) is 0 Å². The van der Waals surface area contributed by atoms with Gasteiger partial charge in [0.15, 0.2) is 5.82 Å². The molecule has 3 aromatic rings. The molecule has 1 N–H and O–H groups in total. The van der Waals surface area contributed by atoms with Gasteiger partial charge in [0, 0.05) is 10.9 Å². The first-order chi connectivity index (χ1) is 10.3. The van der Waals surface area contributed by atoms with Gasteiger partial charge in [-0.2, -0.15) is 0 Å². The second-order valence-electron chi connectivity index (χ2n) is 5.12. The molecule has 4 rings (SSSR count). The van der Waals surface area contributed by atoms with Crippen molar-refractivity contribution in [1.29, 1.82) is 0 Å². The Morgan fingerprint density at radius 3 is 2.76 bits per heavy atom. The van der Waals surface area contributed by atoms with Gasteiger partial charge in [0.1, 0.15) is 5.71 Å². The molecule has 21 heavy (non-hydrogen) atoms. The van der Waals surface area contributed by atoms with E-state index in [9.17, 15) is 5.21 Å². The Bertz CT molecular complexity index is 855. The van der Waals surface area contributed by atoms with E-state index < -0.39 is 0 Å². The van der Waals surface area contributed by atoms with Crippen LogP contribution in [0, 0.1) is 0 Å². The fraction of sp³-hybridized carbons (Fsp3) is 0.125. The molecule has 1 unspecified atom stereocenters. The van der Waals surface area contributed by atoms with Crippen molar-refractivity contribution in [3.05, 3.63) is 64.4 Å². The zero-order valence-electron chi connectivity index (χ0n) is 11.1. The zero-order chi connectivity index (χ0) is 14.4. The molecule has 2 heterocycles. The van der Waals surface area contributed by atoms with Crippen LogP contribution in [-0.2, 0) is 0 Å². The maximum atomic E-state index is 9.28. The lowest BCUT2D eigenvalue weighted by Crippen LogP contribution is -2.05. The van der Waals surface area contributed by atoms with Crippen LogP contribution < -0.4 is 0 Å². The highest BCUT2D eigenvalue weighted by Gasteiger charge is 2.32. The highest BCUT2D eigenvalue weighted by Crippen LogP contribution is 2.36. The van der Waals surface area contributed by atoms with Gasteiger partial charge < -0.3 is 9.77 Å². The molecular formula is C16H12BrN3O. The molecule has 1 aliphatic rings. The molecule has 0 spiro atoms. The van der Waals surface area contributed by atoms with Gasteiger partial charge in [-0.25, -0.2) is 4.98 Å². The number of benzene rings is 2. The minimum absolute atomic E-state index is 0.117. The van der Waals surface area contributed by atoms with E-state index in [1.165, 1.54) is 5.56 Å². The summed E-state index contributed by atoms with van der Waals surface area (Å²) in [5.74, 6) is 0.749. The molecule has 1 aliphatic heterocycles. The molecule has 104 valence electrons. The first kappa shape index (κ1) is 12.6. The molecule has 0 radical (unpaired) electrons. The maximum absolute atomic E-state index is 9.28. The van der Waals surface area contributed by atoms with E-state index >= 15 is 0 Å². The third kappa shape index (κ3) is 1.88. The van der Waals surface area contributed by atoms with E-state index in [1.807, 2.05) is 30.3 Å². The van der Waals surface area contributed by atoms with Crippen molar-refractivity contribution in [3.63, 3.8) is 0 Å². The molecule has 2 aromatic carbocycles. The van der Waals surface area contributed by atoms with Crippen LogP contribution in [0.4, 0.5) is 0 Å². The van der Waals surface area contributed by atoms with Crippen molar-refractivity contribution in [2.45, 2.75) is 12.5 Å². The third-order valence-electron chi connectivity index (χ3n) is 3.91. The second-order valence-corrected chi connectivity index (χ2v) is 6.03. The molecule has 5 heteroatoms. The average Bonchev–Trinajstić information content (AvgIpc) is 3.05. The predicted octanol–water partition coefficient (Wildman–Crippen LogP) is 3.97. The lowest BCUT2D eigenvalue weighted by Gasteiger charge is -2.14. The Morgan fingerprint density at radius 2 is 2.00 bits per heavy atom. The lowest BCUT2D eigenvalue weighted by molar-refractivity contribution is 0.318. The van der Waals surface area contributed by atoms with Gasteiger partial charge in [-0.05, 0) is 23.8 Å². The number of aromatic nitrogens is 2. The minimum Gasteiger partial charge on any atom is -0.411 e. The van der Waals surface area contributed by atoms with Gasteiger partial charge in [-0.3, -0.25) is 0 Å². The number of halogens is 1. The van der Waals surface area contributed by atoms with Gasteiger partial charge in [-0.15, -0.1) is 0 Å². The summed E-state index contributed by atoms with van der Waals surface area (Å²) in [6, 6.07) is 16.4. The first-order valence-corrected chi connectivity index (χ1v) is 7.51. The summed E-state index contributed by atoms with van der Waals surface area (Å²) in [6.45, 7) is 0. The summed E-state index contributed by atoms with van der Waals surface area (Å²) in [4.78, 5) is 4.61. The average molecular weight is 342 g/mol. The van der Waals surface area contributed by atoms with E-state index in [2.05, 4.69) is 48.8 Å². The normalized spacial score (nSPS) is 19.3. The second kappa shape index (κ2) is 4.70. The summed E-state index contributed by atoms with van der Waals surface area (Å²) in [7, 11) is 0. The fourth-order valence-electron chi connectivity index (χ4n) is 2.98. The van der Waals surface area contributed by atoms with Crippen LogP contribution in [0.25, 0.3) is 11.0 Å². The van der Waals surface area contributed by atoms with Crippen LogP contribution >= 0.6 is 15.9 Å². The van der Waals surface area contributed by atoms with Crippen LogP contribution in [0.5, 0.6) is 0 Å². The molecule has 0 bridgehead atoms. The summed E-state index contributed by atoms with van der Waals surface area (Å²) in [5, 5.41) is 12.7. The number of hydrogen-bond acceptors (Lipinski definition) is 3. The SMILES string of the molecule is O/N=C1\CC(c2ccccc2)n2c1nc1ccc(Br)cc12. The van der Waals surface area contributed by atoms with E-state index in [1.54, 1.807) is 0 Å². The fourth-order valence-corrected chi connectivity index (χ4v) is 3.33. The molecule has 4 nitrogen and oxygen atoms in total. The lowest BCUT2D eigenvalue weighted by atomic mass is 10.0. The Labute approximate surface area is 129 Å². The molecule has 0 fully saturated rings. The Hall–Kier alpha value is -2.14. The van der Waals surface area contributed by atoms with Gasteiger partial charge in [-0.1, -0.05) is 51.4 Å². The van der Waals surface area contributed by atoms with Crippen molar-refractivity contribution in [2.24, 2.45) is 5.16 Å². The predicted molar refractivity (Wildman–Crippen MR) is 85.0 cm³/mol. The molecule has 0 saturated heterocycles. The number of rotatable bonds is 1. The standard InChI is InChI=1S/C16H12BrN3O/c17-11-6-7-12-15(8-11)20-14(10-4-2-1-3-5-10)9-13(19-21)16(20)18-12/h1-8,14,21H,9H2/b19-13+. The van der Waals surface area contributed by atoms with E-state index in [-0.39, 0.29) is 6.04 Å². The quantitative estimate of drug-likeness (QED) is 0.537. The maximum Gasteiger partial charge on any atom is 0.159 e. The van der Waals surface area contributed by atoms with Crippen LogP contribution in [0.3, 0.4) is 0 Å². The number of oxime groups is 1. The number of hydrogen-bond donors (Lipinski definition) is 1. The molecule has 1 atom stereocenters. The molecule has 0 saturated carbocycles. The summed E-state index contributed by atoms with van der Waals surface area (Å²) in [6.07, 6.45) is 0.658. The molecule has 0 amide bonds. The highest BCUT2D eigenvalue weighted by molar-refractivity contribution is 9.10. The Kier molecular flexibility index (Phi) is 2.82. The van der Waals surface area contributed by atoms with Crippen LogP contribution in [-0.4, -0.2) is 20.5 Å². The molecular weight excluding hydrogens is 330 g/mol. The zero-order valence-corrected chi connectivity index (χ0v) is 12.7.